The van der Waals surface area contributed by atoms with Crippen molar-refractivity contribution < 1.29 is 14.6 Å². The van der Waals surface area contributed by atoms with Crippen molar-refractivity contribution >= 4 is 17.4 Å². The van der Waals surface area contributed by atoms with E-state index in [1.54, 1.807) is 23.1 Å². The Morgan fingerprint density at radius 3 is 2.58 bits per heavy atom. The zero-order chi connectivity index (χ0) is 22.2. The molecule has 1 aromatic heterocycles. The van der Waals surface area contributed by atoms with E-state index in [0.717, 1.165) is 5.56 Å². The number of nitrogens with zero attached hydrogens (tertiary/aromatic N) is 3. The third-order valence-electron chi connectivity index (χ3n) is 4.57. The lowest BCUT2D eigenvalue weighted by atomic mass is 10.1. The molecule has 0 aliphatic rings. The van der Waals surface area contributed by atoms with E-state index in [-0.39, 0.29) is 6.10 Å². The van der Waals surface area contributed by atoms with E-state index < -0.39 is 12.1 Å². The van der Waals surface area contributed by atoms with Crippen LogP contribution in [0, 0.1) is 0 Å². The molecule has 3 aromatic rings. The van der Waals surface area contributed by atoms with Crippen molar-refractivity contribution in [2.24, 2.45) is 0 Å². The SMILES string of the molecule is CC(Oc1ccccc1NC(=O)Nc1cnn(CC(O)CN(C)C)c1)c1ccccc1. The van der Waals surface area contributed by atoms with Crippen LogP contribution >= 0.6 is 0 Å². The van der Waals surface area contributed by atoms with Crippen molar-refractivity contribution in [2.75, 3.05) is 31.3 Å². The van der Waals surface area contributed by atoms with Gasteiger partial charge in [0.05, 0.1) is 30.2 Å². The highest BCUT2D eigenvalue weighted by Gasteiger charge is 2.13. The molecule has 0 radical (unpaired) electrons. The first kappa shape index (κ1) is 22.3. The molecule has 2 aromatic carbocycles. The van der Waals surface area contributed by atoms with Crippen LogP contribution in [0.3, 0.4) is 0 Å². The Labute approximate surface area is 182 Å². The van der Waals surface area contributed by atoms with Gasteiger partial charge in [-0.25, -0.2) is 4.79 Å². The fourth-order valence-electron chi connectivity index (χ4n) is 3.16. The lowest BCUT2D eigenvalue weighted by Gasteiger charge is -2.18. The van der Waals surface area contributed by atoms with Crippen molar-refractivity contribution in [2.45, 2.75) is 25.7 Å². The summed E-state index contributed by atoms with van der Waals surface area (Å²) in [5.41, 5.74) is 2.15. The van der Waals surface area contributed by atoms with Gasteiger partial charge in [0.15, 0.2) is 0 Å². The number of aromatic nitrogens is 2. The molecule has 164 valence electrons. The number of urea groups is 1. The van der Waals surface area contributed by atoms with Crippen LogP contribution in [0.1, 0.15) is 18.6 Å². The third-order valence-corrected chi connectivity index (χ3v) is 4.57. The fourth-order valence-corrected chi connectivity index (χ4v) is 3.16. The minimum absolute atomic E-state index is 0.168. The maximum atomic E-state index is 12.5. The van der Waals surface area contributed by atoms with Crippen LogP contribution in [0.2, 0.25) is 0 Å². The summed E-state index contributed by atoms with van der Waals surface area (Å²) in [5, 5.41) is 19.8. The van der Waals surface area contributed by atoms with Gasteiger partial charge in [-0.1, -0.05) is 42.5 Å². The molecule has 2 unspecified atom stereocenters. The van der Waals surface area contributed by atoms with E-state index in [0.29, 0.717) is 30.2 Å². The molecule has 31 heavy (non-hydrogen) atoms. The fraction of sp³-hybridized carbons (Fsp3) is 0.304. The van der Waals surface area contributed by atoms with Crippen molar-refractivity contribution in [3.63, 3.8) is 0 Å². The molecule has 0 aliphatic carbocycles. The Morgan fingerprint density at radius 2 is 1.84 bits per heavy atom. The number of para-hydroxylation sites is 2. The summed E-state index contributed by atoms with van der Waals surface area (Å²) in [6.45, 7) is 2.84. The van der Waals surface area contributed by atoms with Crippen LogP contribution in [-0.2, 0) is 6.54 Å². The van der Waals surface area contributed by atoms with Gasteiger partial charge in [-0.05, 0) is 38.7 Å². The monoisotopic (exact) mass is 423 g/mol. The molecule has 8 nitrogen and oxygen atoms in total. The minimum atomic E-state index is -0.549. The average Bonchev–Trinajstić information content (AvgIpc) is 3.15. The second-order valence-corrected chi connectivity index (χ2v) is 7.61. The van der Waals surface area contributed by atoms with Crippen LogP contribution in [0.5, 0.6) is 5.75 Å². The number of likely N-dealkylation sites (N-methyl/N-ethyl adjacent to an activating group) is 1. The number of nitrogens with one attached hydrogen (secondary N) is 2. The van der Waals surface area contributed by atoms with Crippen LogP contribution in [-0.4, -0.2) is 52.6 Å². The normalized spacial score (nSPS) is 12.9. The summed E-state index contributed by atoms with van der Waals surface area (Å²) < 4.78 is 7.67. The number of carbonyl (C=O) groups is 1. The molecule has 0 bridgehead atoms. The third kappa shape index (κ3) is 6.84. The number of rotatable bonds is 9. The second kappa shape index (κ2) is 10.6. The molecule has 1 heterocycles. The van der Waals surface area contributed by atoms with Crippen molar-refractivity contribution in [3.8, 4) is 5.75 Å². The van der Waals surface area contributed by atoms with E-state index in [4.69, 9.17) is 4.74 Å². The topological polar surface area (TPSA) is 91.7 Å². The molecular formula is C23H29N5O3. The molecule has 3 rings (SSSR count). The van der Waals surface area contributed by atoms with Crippen LogP contribution < -0.4 is 15.4 Å². The highest BCUT2D eigenvalue weighted by molar-refractivity contribution is 6.00. The summed E-state index contributed by atoms with van der Waals surface area (Å²) in [4.78, 5) is 14.4. The Morgan fingerprint density at radius 1 is 1.13 bits per heavy atom. The molecule has 0 saturated carbocycles. The Balaban J connectivity index is 1.59. The number of benzene rings is 2. The predicted molar refractivity (Wildman–Crippen MR) is 121 cm³/mol. The zero-order valence-electron chi connectivity index (χ0n) is 18.0. The van der Waals surface area contributed by atoms with Gasteiger partial charge < -0.3 is 25.4 Å². The lowest BCUT2D eigenvalue weighted by molar-refractivity contribution is 0.116. The Bertz CT molecular complexity index is 974. The predicted octanol–water partition coefficient (Wildman–Crippen LogP) is 3.59. The van der Waals surface area contributed by atoms with E-state index >= 15 is 0 Å². The molecule has 2 atom stereocenters. The summed E-state index contributed by atoms with van der Waals surface area (Å²) in [6.07, 6.45) is 2.51. The molecule has 0 saturated heterocycles. The molecule has 0 aliphatic heterocycles. The number of hydrogen-bond donors (Lipinski definition) is 3. The smallest absolute Gasteiger partial charge is 0.323 e. The van der Waals surface area contributed by atoms with Crippen LogP contribution in [0.15, 0.2) is 67.0 Å². The van der Waals surface area contributed by atoms with Gasteiger partial charge in [0.25, 0.3) is 0 Å². The Hall–Kier alpha value is -3.36. The van der Waals surface area contributed by atoms with Gasteiger partial charge >= 0.3 is 6.03 Å². The molecule has 0 spiro atoms. The number of anilines is 2. The van der Waals surface area contributed by atoms with Gasteiger partial charge in [0, 0.05) is 12.7 Å². The number of hydrogen-bond acceptors (Lipinski definition) is 5. The standard InChI is InChI=1S/C23H29N5O3/c1-17(18-9-5-4-6-10-18)31-22-12-8-7-11-21(22)26-23(30)25-19-13-24-28(14-19)16-20(29)15-27(2)3/h4-14,17,20,29H,15-16H2,1-3H3,(H2,25,26,30). The first-order chi connectivity index (χ1) is 14.9. The number of aliphatic hydroxyl groups is 1. The highest BCUT2D eigenvalue weighted by Crippen LogP contribution is 2.29. The van der Waals surface area contributed by atoms with Crippen molar-refractivity contribution in [1.82, 2.24) is 14.7 Å². The van der Waals surface area contributed by atoms with Crippen LogP contribution in [0.25, 0.3) is 0 Å². The zero-order valence-corrected chi connectivity index (χ0v) is 18.0. The summed E-state index contributed by atoms with van der Waals surface area (Å²) in [5.74, 6) is 0.580. The maximum absolute atomic E-state index is 12.5. The highest BCUT2D eigenvalue weighted by atomic mass is 16.5. The largest absolute Gasteiger partial charge is 0.484 e. The molecular weight excluding hydrogens is 394 g/mol. The first-order valence-electron chi connectivity index (χ1n) is 10.1. The summed E-state index contributed by atoms with van der Waals surface area (Å²) in [7, 11) is 3.79. The van der Waals surface area contributed by atoms with Gasteiger partial charge in [-0.15, -0.1) is 0 Å². The second-order valence-electron chi connectivity index (χ2n) is 7.61. The molecule has 3 N–H and O–H groups in total. The van der Waals surface area contributed by atoms with Gasteiger partial charge in [0.2, 0.25) is 0 Å². The van der Waals surface area contributed by atoms with E-state index in [2.05, 4.69) is 15.7 Å². The molecule has 2 amide bonds. The van der Waals surface area contributed by atoms with Crippen molar-refractivity contribution in [3.05, 3.63) is 72.6 Å². The van der Waals surface area contributed by atoms with Gasteiger partial charge in [-0.2, -0.15) is 5.10 Å². The number of carbonyl (C=O) groups excluding carboxylic acids is 1. The number of amides is 2. The quantitative estimate of drug-likeness (QED) is 0.489. The van der Waals surface area contributed by atoms with E-state index in [1.165, 1.54) is 0 Å². The number of ether oxygens (including phenoxy) is 1. The average molecular weight is 424 g/mol. The minimum Gasteiger partial charge on any atom is -0.484 e. The first-order valence-corrected chi connectivity index (χ1v) is 10.1. The molecule has 0 fully saturated rings. The van der Waals surface area contributed by atoms with Crippen LogP contribution in [0.4, 0.5) is 16.2 Å². The Kier molecular flexibility index (Phi) is 7.64. The number of aliphatic hydroxyl groups excluding tert-OH is 1. The summed E-state index contributed by atoms with van der Waals surface area (Å²) in [6, 6.07) is 16.8. The summed E-state index contributed by atoms with van der Waals surface area (Å²) >= 11 is 0. The van der Waals surface area contributed by atoms with E-state index in [1.807, 2.05) is 74.4 Å². The van der Waals surface area contributed by atoms with Crippen molar-refractivity contribution in [1.29, 1.82) is 0 Å². The maximum Gasteiger partial charge on any atom is 0.323 e. The van der Waals surface area contributed by atoms with E-state index in [9.17, 15) is 9.90 Å². The molecule has 8 heteroatoms. The van der Waals surface area contributed by atoms with Gasteiger partial charge in [-0.3, -0.25) is 4.68 Å². The van der Waals surface area contributed by atoms with Gasteiger partial charge in [0.1, 0.15) is 11.9 Å². The lowest BCUT2D eigenvalue weighted by Crippen LogP contribution is -2.29.